The minimum Gasteiger partial charge on any atom is -0.478 e. The number of ether oxygens (including phenoxy) is 1. The van der Waals surface area contributed by atoms with Crippen LogP contribution in [0, 0.1) is 13.8 Å². The maximum atomic E-state index is 12.4. The predicted octanol–water partition coefficient (Wildman–Crippen LogP) is 2.34. The number of aromatic carboxylic acids is 1. The summed E-state index contributed by atoms with van der Waals surface area (Å²) in [4.78, 5) is 11.3. The molecule has 1 aromatic rings. The fourth-order valence-electron chi connectivity index (χ4n) is 2.67. The van der Waals surface area contributed by atoms with Crippen molar-refractivity contribution in [2.45, 2.75) is 44.1 Å². The monoisotopic (exact) mass is 312 g/mol. The lowest BCUT2D eigenvalue weighted by Gasteiger charge is -2.13. The Morgan fingerprint density at radius 1 is 1.33 bits per heavy atom. The highest BCUT2D eigenvalue weighted by molar-refractivity contribution is 7.91. The van der Waals surface area contributed by atoms with Crippen molar-refractivity contribution in [3.8, 4) is 0 Å². The Kier molecular flexibility index (Phi) is 4.68. The minimum absolute atomic E-state index is 0.00414. The Bertz CT molecular complexity index is 642. The molecule has 0 aliphatic carbocycles. The van der Waals surface area contributed by atoms with Crippen LogP contribution in [-0.2, 0) is 14.6 Å². The molecule has 1 aromatic carbocycles. The fourth-order valence-corrected chi connectivity index (χ4v) is 4.31. The van der Waals surface area contributed by atoms with E-state index in [0.717, 1.165) is 12.8 Å². The van der Waals surface area contributed by atoms with Crippen molar-refractivity contribution in [1.82, 2.24) is 0 Å². The van der Waals surface area contributed by atoms with Gasteiger partial charge in [0.15, 0.2) is 9.84 Å². The van der Waals surface area contributed by atoms with Crippen LogP contribution in [0.2, 0.25) is 0 Å². The first-order valence-electron chi connectivity index (χ1n) is 7.00. The smallest absolute Gasteiger partial charge is 0.335 e. The van der Waals surface area contributed by atoms with E-state index < -0.39 is 15.8 Å². The summed E-state index contributed by atoms with van der Waals surface area (Å²) in [6, 6.07) is 2.89. The van der Waals surface area contributed by atoms with Gasteiger partial charge in [-0.2, -0.15) is 0 Å². The summed E-state index contributed by atoms with van der Waals surface area (Å²) < 4.78 is 30.3. The van der Waals surface area contributed by atoms with Crippen molar-refractivity contribution in [1.29, 1.82) is 0 Å². The molecule has 5 nitrogen and oxygen atoms in total. The molecular weight excluding hydrogens is 292 g/mol. The van der Waals surface area contributed by atoms with Gasteiger partial charge < -0.3 is 9.84 Å². The molecule has 1 aliphatic heterocycles. The van der Waals surface area contributed by atoms with E-state index in [1.165, 1.54) is 6.07 Å². The Morgan fingerprint density at radius 2 is 2.05 bits per heavy atom. The van der Waals surface area contributed by atoms with Crippen molar-refractivity contribution in [2.75, 3.05) is 12.4 Å². The van der Waals surface area contributed by atoms with Gasteiger partial charge in [-0.25, -0.2) is 13.2 Å². The quantitative estimate of drug-likeness (QED) is 0.902. The van der Waals surface area contributed by atoms with Crippen LogP contribution in [0.4, 0.5) is 0 Å². The van der Waals surface area contributed by atoms with Crippen molar-refractivity contribution in [3.63, 3.8) is 0 Å². The molecular formula is C15H20O5S. The van der Waals surface area contributed by atoms with Crippen LogP contribution in [0.15, 0.2) is 17.0 Å². The number of sulfone groups is 1. The van der Waals surface area contributed by atoms with Gasteiger partial charge in [0.1, 0.15) is 0 Å². The molecule has 0 aromatic heterocycles. The molecule has 6 heteroatoms. The number of hydrogen-bond acceptors (Lipinski definition) is 4. The third-order valence-corrected chi connectivity index (χ3v) is 5.70. The third-order valence-electron chi connectivity index (χ3n) is 3.82. The van der Waals surface area contributed by atoms with Gasteiger partial charge in [-0.1, -0.05) is 6.07 Å². The molecule has 1 heterocycles. The minimum atomic E-state index is -3.49. The summed E-state index contributed by atoms with van der Waals surface area (Å²) in [6.07, 6.45) is 2.32. The molecule has 1 N–H and O–H groups in total. The second-order valence-corrected chi connectivity index (χ2v) is 7.56. The SMILES string of the molecule is Cc1cc(C)c(S(=O)(=O)CCC2CCCO2)cc1C(=O)O. The van der Waals surface area contributed by atoms with Gasteiger partial charge >= 0.3 is 5.97 Å². The van der Waals surface area contributed by atoms with Gasteiger partial charge in [0, 0.05) is 6.61 Å². The zero-order valence-corrected chi connectivity index (χ0v) is 13.1. The van der Waals surface area contributed by atoms with E-state index in [0.29, 0.717) is 24.2 Å². The van der Waals surface area contributed by atoms with Crippen LogP contribution < -0.4 is 0 Å². The van der Waals surface area contributed by atoms with Crippen LogP contribution in [0.1, 0.15) is 40.7 Å². The van der Waals surface area contributed by atoms with E-state index in [1.54, 1.807) is 19.9 Å². The average molecular weight is 312 g/mol. The van der Waals surface area contributed by atoms with Gasteiger partial charge in [-0.3, -0.25) is 0 Å². The second kappa shape index (κ2) is 6.15. The zero-order valence-electron chi connectivity index (χ0n) is 12.3. The molecule has 2 rings (SSSR count). The third kappa shape index (κ3) is 3.63. The van der Waals surface area contributed by atoms with Gasteiger partial charge in [0.25, 0.3) is 0 Å². The molecule has 0 bridgehead atoms. The molecule has 1 fully saturated rings. The maximum Gasteiger partial charge on any atom is 0.335 e. The Balaban J connectivity index is 2.26. The van der Waals surface area contributed by atoms with Crippen LogP contribution in [0.3, 0.4) is 0 Å². The lowest BCUT2D eigenvalue weighted by atomic mass is 10.1. The van der Waals surface area contributed by atoms with Crippen molar-refractivity contribution < 1.29 is 23.1 Å². The van der Waals surface area contributed by atoms with E-state index in [2.05, 4.69) is 0 Å². The largest absolute Gasteiger partial charge is 0.478 e. The van der Waals surface area contributed by atoms with Gasteiger partial charge in [-0.15, -0.1) is 0 Å². The van der Waals surface area contributed by atoms with Gasteiger partial charge in [-0.05, 0) is 50.3 Å². The molecule has 1 saturated heterocycles. The Hall–Kier alpha value is -1.40. The highest BCUT2D eigenvalue weighted by atomic mass is 32.2. The highest BCUT2D eigenvalue weighted by Crippen LogP contribution is 2.24. The standard InChI is InChI=1S/C15H20O5S/c1-10-8-11(2)14(9-13(10)15(16)17)21(18,19)7-5-12-4-3-6-20-12/h8-9,12H,3-7H2,1-2H3,(H,16,17). The lowest BCUT2D eigenvalue weighted by molar-refractivity contribution is 0.0696. The van der Waals surface area contributed by atoms with E-state index in [-0.39, 0.29) is 22.3 Å². The van der Waals surface area contributed by atoms with Crippen molar-refractivity contribution >= 4 is 15.8 Å². The molecule has 0 amide bonds. The number of rotatable bonds is 5. The first-order valence-corrected chi connectivity index (χ1v) is 8.65. The second-order valence-electron chi connectivity index (χ2n) is 5.48. The molecule has 1 atom stereocenters. The van der Waals surface area contributed by atoms with Crippen LogP contribution in [0.5, 0.6) is 0 Å². The molecule has 0 spiro atoms. The molecule has 0 saturated carbocycles. The molecule has 1 unspecified atom stereocenters. The van der Waals surface area contributed by atoms with Crippen LogP contribution in [0.25, 0.3) is 0 Å². The summed E-state index contributed by atoms with van der Waals surface area (Å²) in [5, 5.41) is 9.13. The predicted molar refractivity (Wildman–Crippen MR) is 78.5 cm³/mol. The van der Waals surface area contributed by atoms with Crippen LogP contribution >= 0.6 is 0 Å². The summed E-state index contributed by atoms with van der Waals surface area (Å²) in [5.74, 6) is -1.12. The topological polar surface area (TPSA) is 80.7 Å². The number of hydrogen-bond donors (Lipinski definition) is 1. The average Bonchev–Trinajstić information content (AvgIpc) is 2.88. The highest BCUT2D eigenvalue weighted by Gasteiger charge is 2.24. The van der Waals surface area contributed by atoms with E-state index >= 15 is 0 Å². The fraction of sp³-hybridized carbons (Fsp3) is 0.533. The number of carboxylic acid groups (broad SMARTS) is 1. The lowest BCUT2D eigenvalue weighted by Crippen LogP contribution is -2.16. The molecule has 116 valence electrons. The Labute approximate surface area is 124 Å². The number of carboxylic acids is 1. The summed E-state index contributed by atoms with van der Waals surface area (Å²) in [7, 11) is -3.49. The molecule has 0 radical (unpaired) electrons. The summed E-state index contributed by atoms with van der Waals surface area (Å²) >= 11 is 0. The first-order chi connectivity index (χ1) is 9.81. The van der Waals surface area contributed by atoms with Crippen LogP contribution in [-0.4, -0.2) is 38.0 Å². The summed E-state index contributed by atoms with van der Waals surface area (Å²) in [5.41, 5.74) is 1.19. The van der Waals surface area contributed by atoms with E-state index in [1.807, 2.05) is 0 Å². The maximum absolute atomic E-state index is 12.4. The van der Waals surface area contributed by atoms with E-state index in [4.69, 9.17) is 9.84 Å². The number of carbonyl (C=O) groups is 1. The first kappa shape index (κ1) is 16.0. The van der Waals surface area contributed by atoms with Gasteiger partial charge in [0.05, 0.1) is 22.3 Å². The van der Waals surface area contributed by atoms with Crippen molar-refractivity contribution in [3.05, 3.63) is 28.8 Å². The summed E-state index contributed by atoms with van der Waals surface area (Å²) in [6.45, 7) is 4.05. The number of aryl methyl sites for hydroxylation is 2. The van der Waals surface area contributed by atoms with Crippen molar-refractivity contribution in [2.24, 2.45) is 0 Å². The Morgan fingerprint density at radius 3 is 2.62 bits per heavy atom. The molecule has 1 aliphatic rings. The molecule has 21 heavy (non-hydrogen) atoms. The van der Waals surface area contributed by atoms with E-state index in [9.17, 15) is 13.2 Å². The zero-order chi connectivity index (χ0) is 15.6. The number of benzene rings is 1. The normalized spacial score (nSPS) is 18.9. The van der Waals surface area contributed by atoms with Gasteiger partial charge in [0.2, 0.25) is 0 Å².